The normalized spacial score (nSPS) is 13.2. The van der Waals surface area contributed by atoms with Crippen LogP contribution in [0.3, 0.4) is 0 Å². The van der Waals surface area contributed by atoms with E-state index in [1.165, 1.54) is 49.7 Å². The summed E-state index contributed by atoms with van der Waals surface area (Å²) in [6.45, 7) is 0. The minimum atomic E-state index is -5.27. The summed E-state index contributed by atoms with van der Waals surface area (Å²) in [6, 6.07) is 8.24. The van der Waals surface area contributed by atoms with Gasteiger partial charge in [-0.3, -0.25) is 4.79 Å². The van der Waals surface area contributed by atoms with Gasteiger partial charge in [0, 0.05) is 10.7 Å². The number of ether oxygens (including phenoxy) is 2. The largest absolute Gasteiger partial charge is 0.496 e. The molecular weight excluding hydrogens is 447 g/mol. The van der Waals surface area contributed by atoms with Gasteiger partial charge in [0.15, 0.2) is 0 Å². The van der Waals surface area contributed by atoms with Gasteiger partial charge in [0.25, 0.3) is 5.91 Å². The van der Waals surface area contributed by atoms with Crippen molar-refractivity contribution in [2.45, 2.75) is 11.8 Å². The maximum absolute atomic E-state index is 14.0. The molecule has 0 spiro atoms. The molecule has 1 aromatic heterocycles. The molecule has 0 aliphatic heterocycles. The summed E-state index contributed by atoms with van der Waals surface area (Å²) in [5.74, 6) is -3.26. The van der Waals surface area contributed by atoms with Crippen LogP contribution in [0.15, 0.2) is 47.1 Å². The van der Waals surface area contributed by atoms with E-state index in [0.717, 1.165) is 7.11 Å². The Bertz CT molecular complexity index is 861. The number of pyridine rings is 1. The number of benzene rings is 1. The molecule has 0 saturated heterocycles. The van der Waals surface area contributed by atoms with Gasteiger partial charge in [-0.25, -0.2) is 9.78 Å². The van der Waals surface area contributed by atoms with E-state index in [1.807, 2.05) is 5.32 Å². The van der Waals surface area contributed by atoms with Crippen LogP contribution in [0.2, 0.25) is 0 Å². The first-order valence-corrected chi connectivity index (χ1v) is 8.44. The van der Waals surface area contributed by atoms with E-state index in [-0.39, 0.29) is 17.1 Å². The number of anilines is 1. The summed E-state index contributed by atoms with van der Waals surface area (Å²) in [7, 11) is 2.03. The summed E-state index contributed by atoms with van der Waals surface area (Å²) in [5, 5.41) is 3.64. The van der Waals surface area contributed by atoms with Crippen LogP contribution in [0, 0.1) is 0 Å². The van der Waals surface area contributed by atoms with Gasteiger partial charge >= 0.3 is 17.8 Å². The second-order valence-corrected chi connectivity index (χ2v) is 6.30. The van der Waals surface area contributed by atoms with Gasteiger partial charge in [-0.15, -0.1) is 0 Å². The van der Waals surface area contributed by atoms with Gasteiger partial charge in [-0.2, -0.15) is 13.2 Å². The number of alkyl halides is 3. The number of rotatable bonds is 6. The fourth-order valence-corrected chi connectivity index (χ4v) is 2.49. The SMILES string of the molecule is COC(=O)[C@](NC(=O)c1ccccc1OC)(Nc1ccc(Br)cn1)C(F)(F)F. The summed E-state index contributed by atoms with van der Waals surface area (Å²) < 4.78 is 51.8. The van der Waals surface area contributed by atoms with E-state index in [4.69, 9.17) is 4.74 Å². The van der Waals surface area contributed by atoms with Crippen molar-refractivity contribution in [3.05, 3.63) is 52.6 Å². The molecule has 150 valence electrons. The zero-order valence-electron chi connectivity index (χ0n) is 14.6. The lowest BCUT2D eigenvalue weighted by Gasteiger charge is -2.34. The first kappa shape index (κ1) is 21.5. The van der Waals surface area contributed by atoms with Crippen molar-refractivity contribution < 1.29 is 32.2 Å². The van der Waals surface area contributed by atoms with Crippen molar-refractivity contribution in [2.24, 2.45) is 0 Å². The molecule has 1 atom stereocenters. The van der Waals surface area contributed by atoms with E-state index in [9.17, 15) is 22.8 Å². The van der Waals surface area contributed by atoms with Gasteiger partial charge in [-0.05, 0) is 40.2 Å². The van der Waals surface area contributed by atoms with E-state index < -0.39 is 23.7 Å². The minimum Gasteiger partial charge on any atom is -0.496 e. The Morgan fingerprint density at radius 3 is 2.32 bits per heavy atom. The first-order valence-electron chi connectivity index (χ1n) is 7.65. The number of esters is 1. The molecule has 1 aromatic carbocycles. The monoisotopic (exact) mass is 461 g/mol. The Hall–Kier alpha value is -2.82. The van der Waals surface area contributed by atoms with Crippen LogP contribution in [-0.2, 0) is 9.53 Å². The maximum atomic E-state index is 14.0. The number of amides is 1. The van der Waals surface area contributed by atoms with E-state index >= 15 is 0 Å². The standard InChI is InChI=1S/C17H15BrF3N3O4/c1-27-12-6-4-3-5-11(12)14(25)24-16(15(26)28-2,17(19,20)21)23-13-8-7-10(18)9-22-13/h3-9H,1-2H3,(H,22,23)(H,24,25)/t16-/m1/s1. The third kappa shape index (κ3) is 4.35. The zero-order valence-corrected chi connectivity index (χ0v) is 16.2. The third-order valence-electron chi connectivity index (χ3n) is 3.61. The van der Waals surface area contributed by atoms with Crippen LogP contribution in [0.1, 0.15) is 10.4 Å². The van der Waals surface area contributed by atoms with Gasteiger partial charge in [0.1, 0.15) is 11.6 Å². The Kier molecular flexibility index (Phi) is 6.49. The molecule has 0 aliphatic rings. The highest BCUT2D eigenvalue weighted by Gasteiger charge is 2.63. The molecule has 2 aromatic rings. The molecule has 2 rings (SSSR count). The quantitative estimate of drug-likeness (QED) is 0.507. The van der Waals surface area contributed by atoms with Crippen molar-refractivity contribution in [1.82, 2.24) is 10.3 Å². The van der Waals surface area contributed by atoms with Gasteiger partial charge < -0.3 is 20.1 Å². The number of nitrogens with one attached hydrogen (secondary N) is 2. The highest BCUT2D eigenvalue weighted by atomic mass is 79.9. The molecule has 0 bridgehead atoms. The Morgan fingerprint density at radius 1 is 1.11 bits per heavy atom. The Balaban J connectivity index is 2.51. The predicted octanol–water partition coefficient (Wildman–Crippen LogP) is 3.13. The van der Waals surface area contributed by atoms with Crippen LogP contribution in [-0.4, -0.2) is 42.9 Å². The fraction of sp³-hybridized carbons (Fsp3) is 0.235. The van der Waals surface area contributed by atoms with Crippen LogP contribution < -0.4 is 15.4 Å². The number of aromatic nitrogens is 1. The molecule has 7 nitrogen and oxygen atoms in total. The Morgan fingerprint density at radius 2 is 1.79 bits per heavy atom. The molecule has 1 heterocycles. The van der Waals surface area contributed by atoms with Crippen molar-refractivity contribution >= 4 is 33.6 Å². The number of hydrogen-bond donors (Lipinski definition) is 2. The number of para-hydroxylation sites is 1. The second kappa shape index (κ2) is 8.46. The molecular formula is C17H15BrF3N3O4. The smallest absolute Gasteiger partial charge is 0.441 e. The topological polar surface area (TPSA) is 89.5 Å². The summed E-state index contributed by atoms with van der Waals surface area (Å²) >= 11 is 3.11. The summed E-state index contributed by atoms with van der Waals surface area (Å²) in [4.78, 5) is 28.5. The van der Waals surface area contributed by atoms with Crippen LogP contribution >= 0.6 is 15.9 Å². The van der Waals surface area contributed by atoms with E-state index in [1.54, 1.807) is 5.32 Å². The van der Waals surface area contributed by atoms with Crippen molar-refractivity contribution in [3.63, 3.8) is 0 Å². The van der Waals surface area contributed by atoms with Crippen molar-refractivity contribution in [2.75, 3.05) is 19.5 Å². The Labute approximate surface area is 166 Å². The average molecular weight is 462 g/mol. The van der Waals surface area contributed by atoms with Crippen LogP contribution in [0.4, 0.5) is 19.0 Å². The third-order valence-corrected chi connectivity index (χ3v) is 4.08. The molecule has 0 saturated carbocycles. The number of carbonyl (C=O) groups excluding carboxylic acids is 2. The molecule has 1 amide bonds. The fourth-order valence-electron chi connectivity index (χ4n) is 2.26. The molecule has 28 heavy (non-hydrogen) atoms. The second-order valence-electron chi connectivity index (χ2n) is 5.38. The molecule has 0 fully saturated rings. The number of nitrogens with zero attached hydrogens (tertiary/aromatic N) is 1. The lowest BCUT2D eigenvalue weighted by Crippen LogP contribution is -2.69. The molecule has 0 radical (unpaired) electrons. The zero-order chi connectivity index (χ0) is 20.9. The van der Waals surface area contributed by atoms with Crippen molar-refractivity contribution in [3.8, 4) is 5.75 Å². The van der Waals surface area contributed by atoms with Crippen molar-refractivity contribution in [1.29, 1.82) is 0 Å². The molecule has 0 unspecified atom stereocenters. The lowest BCUT2D eigenvalue weighted by atomic mass is 10.1. The van der Waals surface area contributed by atoms with Crippen LogP contribution in [0.25, 0.3) is 0 Å². The molecule has 11 heteroatoms. The van der Waals surface area contributed by atoms with E-state index in [2.05, 4.69) is 25.7 Å². The van der Waals surface area contributed by atoms with Gasteiger partial charge in [0.05, 0.1) is 19.8 Å². The first-order chi connectivity index (χ1) is 13.1. The highest BCUT2D eigenvalue weighted by Crippen LogP contribution is 2.33. The molecule has 2 N–H and O–H groups in total. The summed E-state index contributed by atoms with van der Waals surface area (Å²) in [5.41, 5.74) is -3.78. The summed E-state index contributed by atoms with van der Waals surface area (Å²) in [6.07, 6.45) is -4.05. The highest BCUT2D eigenvalue weighted by molar-refractivity contribution is 9.10. The number of methoxy groups -OCH3 is 2. The average Bonchev–Trinajstić information content (AvgIpc) is 2.67. The van der Waals surface area contributed by atoms with E-state index in [0.29, 0.717) is 4.47 Å². The van der Waals surface area contributed by atoms with Gasteiger partial charge in [-0.1, -0.05) is 12.1 Å². The maximum Gasteiger partial charge on any atom is 0.441 e. The van der Waals surface area contributed by atoms with Crippen LogP contribution in [0.5, 0.6) is 5.75 Å². The number of hydrogen-bond acceptors (Lipinski definition) is 6. The predicted molar refractivity (Wildman–Crippen MR) is 96.8 cm³/mol. The number of halogens is 4. The number of carbonyl (C=O) groups is 2. The van der Waals surface area contributed by atoms with Gasteiger partial charge in [0.2, 0.25) is 0 Å². The minimum absolute atomic E-state index is 0.0303. The lowest BCUT2D eigenvalue weighted by molar-refractivity contribution is -0.203. The molecule has 0 aliphatic carbocycles.